The molecule has 2 heterocycles. The van der Waals surface area contributed by atoms with Gasteiger partial charge in [-0.25, -0.2) is 4.98 Å². The monoisotopic (exact) mass is 461 g/mol. The Kier molecular flexibility index (Phi) is 6.37. The summed E-state index contributed by atoms with van der Waals surface area (Å²) in [6.45, 7) is 6.45. The fourth-order valence-electron chi connectivity index (χ4n) is 4.65. The Balaban J connectivity index is 1.36. The third-order valence-corrected chi connectivity index (χ3v) is 6.61. The van der Waals surface area contributed by atoms with Crippen molar-refractivity contribution >= 4 is 33.4 Å². The third kappa shape index (κ3) is 4.97. The molecule has 5 rings (SSSR count). The number of aromatic amines is 1. The van der Waals surface area contributed by atoms with E-state index in [1.165, 1.54) is 22.1 Å². The summed E-state index contributed by atoms with van der Waals surface area (Å²) >= 11 is 0. The Hall–Kier alpha value is -3.92. The normalized spacial score (nSPS) is 11.4. The van der Waals surface area contributed by atoms with Crippen molar-refractivity contribution in [1.29, 1.82) is 0 Å². The highest BCUT2D eigenvalue weighted by Gasteiger charge is 2.15. The molecule has 0 saturated heterocycles. The zero-order chi connectivity index (χ0) is 24.4. The number of amides is 1. The van der Waals surface area contributed by atoms with Gasteiger partial charge in [0, 0.05) is 28.4 Å². The molecule has 0 radical (unpaired) electrons. The van der Waals surface area contributed by atoms with Gasteiger partial charge in [-0.1, -0.05) is 61.9 Å². The van der Waals surface area contributed by atoms with E-state index >= 15 is 0 Å². The number of benzene rings is 3. The van der Waals surface area contributed by atoms with E-state index in [0.29, 0.717) is 12.3 Å². The number of aromatic nitrogens is 2. The average Bonchev–Trinajstić information content (AvgIpc) is 3.21. The minimum absolute atomic E-state index is 0.0451. The first-order valence-electron chi connectivity index (χ1n) is 12.3. The zero-order valence-corrected chi connectivity index (χ0v) is 20.6. The molecular weight excluding hydrogens is 430 g/mol. The van der Waals surface area contributed by atoms with Crippen LogP contribution in [-0.4, -0.2) is 15.9 Å². The number of rotatable bonds is 7. The predicted octanol–water partition coefficient (Wildman–Crippen LogP) is 7.78. The first kappa shape index (κ1) is 22.9. The summed E-state index contributed by atoms with van der Waals surface area (Å²) in [5.41, 5.74) is 8.62. The third-order valence-electron chi connectivity index (χ3n) is 6.61. The number of pyridine rings is 1. The van der Waals surface area contributed by atoms with Crippen LogP contribution >= 0.6 is 0 Å². The number of nitrogens with one attached hydrogen (secondary N) is 2. The topological polar surface area (TPSA) is 57.8 Å². The first-order valence-corrected chi connectivity index (χ1v) is 12.3. The quantitative estimate of drug-likeness (QED) is 0.260. The SMILES string of the molecule is Cc1ccc2[nH]c(-c3ccc4ccccc4n3)c(CCCC(=O)Nc3ccc(C(C)C)cc3)c2c1. The Morgan fingerprint density at radius 2 is 1.77 bits per heavy atom. The van der Waals surface area contributed by atoms with Gasteiger partial charge < -0.3 is 10.3 Å². The van der Waals surface area contributed by atoms with Crippen LogP contribution in [-0.2, 0) is 11.2 Å². The largest absolute Gasteiger partial charge is 0.353 e. The summed E-state index contributed by atoms with van der Waals surface area (Å²) in [5, 5.41) is 5.38. The minimum atomic E-state index is 0.0451. The highest BCUT2D eigenvalue weighted by molar-refractivity contribution is 5.93. The van der Waals surface area contributed by atoms with Crippen molar-refractivity contribution < 1.29 is 4.79 Å². The van der Waals surface area contributed by atoms with Crippen molar-refractivity contribution in [3.05, 3.63) is 95.6 Å². The van der Waals surface area contributed by atoms with Gasteiger partial charge in [0.25, 0.3) is 0 Å². The lowest BCUT2D eigenvalue weighted by Gasteiger charge is -2.09. The zero-order valence-electron chi connectivity index (χ0n) is 20.6. The van der Waals surface area contributed by atoms with Gasteiger partial charge >= 0.3 is 0 Å². The molecule has 0 bridgehead atoms. The Bertz CT molecular complexity index is 1500. The van der Waals surface area contributed by atoms with Gasteiger partial charge in [0.2, 0.25) is 5.91 Å². The lowest BCUT2D eigenvalue weighted by molar-refractivity contribution is -0.116. The number of carbonyl (C=O) groups is 1. The molecule has 1 amide bonds. The first-order chi connectivity index (χ1) is 17.0. The molecule has 4 nitrogen and oxygen atoms in total. The van der Waals surface area contributed by atoms with Crippen LogP contribution in [0.15, 0.2) is 78.9 Å². The van der Waals surface area contributed by atoms with Crippen LogP contribution < -0.4 is 5.32 Å². The Morgan fingerprint density at radius 3 is 2.57 bits per heavy atom. The maximum absolute atomic E-state index is 12.6. The van der Waals surface area contributed by atoms with Crippen LogP contribution in [0.4, 0.5) is 5.69 Å². The molecule has 3 aromatic carbocycles. The highest BCUT2D eigenvalue weighted by Crippen LogP contribution is 2.32. The average molecular weight is 462 g/mol. The number of carbonyl (C=O) groups excluding carboxylic acids is 1. The number of hydrogen-bond donors (Lipinski definition) is 2. The standard InChI is InChI=1S/C31H31N3O/c1-20(2)22-12-15-24(16-13-22)32-30(35)10-6-8-25-26-19-21(3)11-17-28(26)34-31(25)29-18-14-23-7-4-5-9-27(23)33-29/h4-5,7,9,11-20,34H,6,8,10H2,1-3H3,(H,32,35). The fourth-order valence-corrected chi connectivity index (χ4v) is 4.65. The highest BCUT2D eigenvalue weighted by atomic mass is 16.1. The van der Waals surface area contributed by atoms with E-state index in [1.54, 1.807) is 0 Å². The van der Waals surface area contributed by atoms with E-state index in [-0.39, 0.29) is 5.91 Å². The number of anilines is 1. The van der Waals surface area contributed by atoms with E-state index in [1.807, 2.05) is 30.3 Å². The molecule has 2 N–H and O–H groups in total. The Morgan fingerprint density at radius 1 is 0.971 bits per heavy atom. The second-order valence-corrected chi connectivity index (χ2v) is 9.60. The van der Waals surface area contributed by atoms with E-state index in [4.69, 9.17) is 4.98 Å². The molecule has 0 atom stereocenters. The summed E-state index contributed by atoms with van der Waals surface area (Å²) in [4.78, 5) is 21.2. The van der Waals surface area contributed by atoms with Crippen LogP contribution in [0, 0.1) is 6.92 Å². The molecule has 0 unspecified atom stereocenters. The number of H-pyrrole nitrogens is 1. The van der Waals surface area contributed by atoms with E-state index < -0.39 is 0 Å². The van der Waals surface area contributed by atoms with Crippen molar-refractivity contribution in [3.8, 4) is 11.4 Å². The number of aryl methyl sites for hydroxylation is 2. The molecule has 0 aliphatic carbocycles. The molecule has 0 saturated carbocycles. The minimum Gasteiger partial charge on any atom is -0.353 e. The second kappa shape index (κ2) is 9.75. The van der Waals surface area contributed by atoms with Crippen LogP contribution in [0.25, 0.3) is 33.2 Å². The molecule has 4 heteroatoms. The Labute approximate surface area is 206 Å². The summed E-state index contributed by atoms with van der Waals surface area (Å²) in [6.07, 6.45) is 2.03. The lowest BCUT2D eigenvalue weighted by atomic mass is 10.0. The van der Waals surface area contributed by atoms with E-state index in [9.17, 15) is 4.79 Å². The maximum Gasteiger partial charge on any atom is 0.224 e. The van der Waals surface area contributed by atoms with Crippen LogP contribution in [0.3, 0.4) is 0 Å². The van der Waals surface area contributed by atoms with Gasteiger partial charge in [0.1, 0.15) is 0 Å². The van der Waals surface area contributed by atoms with Gasteiger partial charge in [0.15, 0.2) is 0 Å². The molecule has 176 valence electrons. The number of fused-ring (bicyclic) bond motifs is 2. The van der Waals surface area contributed by atoms with E-state index in [2.05, 4.69) is 79.6 Å². The van der Waals surface area contributed by atoms with E-state index in [0.717, 1.165) is 46.3 Å². The summed E-state index contributed by atoms with van der Waals surface area (Å²) < 4.78 is 0. The lowest BCUT2D eigenvalue weighted by Crippen LogP contribution is -2.11. The smallest absolute Gasteiger partial charge is 0.224 e. The molecule has 35 heavy (non-hydrogen) atoms. The van der Waals surface area contributed by atoms with Crippen LogP contribution in [0.1, 0.15) is 49.3 Å². The van der Waals surface area contributed by atoms with Gasteiger partial charge in [-0.3, -0.25) is 4.79 Å². The fraction of sp³-hybridized carbons (Fsp3) is 0.226. The van der Waals surface area contributed by atoms with Crippen molar-refractivity contribution in [2.24, 2.45) is 0 Å². The van der Waals surface area contributed by atoms with Crippen molar-refractivity contribution in [1.82, 2.24) is 9.97 Å². The number of para-hydroxylation sites is 1. The van der Waals surface area contributed by atoms with Gasteiger partial charge in [-0.05, 0) is 73.2 Å². The second-order valence-electron chi connectivity index (χ2n) is 9.60. The van der Waals surface area contributed by atoms with Crippen molar-refractivity contribution in [3.63, 3.8) is 0 Å². The molecule has 5 aromatic rings. The van der Waals surface area contributed by atoms with Gasteiger partial charge in [-0.15, -0.1) is 0 Å². The van der Waals surface area contributed by atoms with Crippen molar-refractivity contribution in [2.45, 2.75) is 46.0 Å². The van der Waals surface area contributed by atoms with Gasteiger partial charge in [0.05, 0.1) is 16.9 Å². The van der Waals surface area contributed by atoms with Crippen LogP contribution in [0.2, 0.25) is 0 Å². The molecule has 0 aliphatic rings. The summed E-state index contributed by atoms with van der Waals surface area (Å²) in [6, 6.07) is 27.0. The maximum atomic E-state index is 12.6. The molecule has 0 spiro atoms. The molecule has 0 aliphatic heterocycles. The number of nitrogens with zero attached hydrogens (tertiary/aromatic N) is 1. The van der Waals surface area contributed by atoms with Gasteiger partial charge in [-0.2, -0.15) is 0 Å². The number of hydrogen-bond acceptors (Lipinski definition) is 2. The van der Waals surface area contributed by atoms with Crippen molar-refractivity contribution in [2.75, 3.05) is 5.32 Å². The predicted molar refractivity (Wildman–Crippen MR) is 146 cm³/mol. The molecule has 2 aromatic heterocycles. The summed E-state index contributed by atoms with van der Waals surface area (Å²) in [5.74, 6) is 0.523. The molecule has 0 fully saturated rings. The molecular formula is C31H31N3O. The van der Waals surface area contributed by atoms with Crippen LogP contribution in [0.5, 0.6) is 0 Å². The summed E-state index contributed by atoms with van der Waals surface area (Å²) in [7, 11) is 0.